The summed E-state index contributed by atoms with van der Waals surface area (Å²) in [5.41, 5.74) is 3.31. The lowest BCUT2D eigenvalue weighted by Crippen LogP contribution is -2.33. The topological polar surface area (TPSA) is 49.4 Å². The van der Waals surface area contributed by atoms with Gasteiger partial charge in [-0.25, -0.2) is 0 Å². The second kappa shape index (κ2) is 8.87. The van der Waals surface area contributed by atoms with E-state index in [-0.39, 0.29) is 11.8 Å². The number of rotatable bonds is 7. The lowest BCUT2D eigenvalue weighted by molar-refractivity contribution is -0.130. The Morgan fingerprint density at radius 1 is 1.00 bits per heavy atom. The van der Waals surface area contributed by atoms with Gasteiger partial charge in [-0.3, -0.25) is 9.59 Å². The maximum absolute atomic E-state index is 12.0. The van der Waals surface area contributed by atoms with Crippen LogP contribution in [0.25, 0.3) is 0 Å². The molecule has 1 N–H and O–H groups in total. The molecule has 4 heteroatoms. The summed E-state index contributed by atoms with van der Waals surface area (Å²) >= 11 is 0. The number of hydrogen-bond acceptors (Lipinski definition) is 2. The van der Waals surface area contributed by atoms with Crippen LogP contribution in [0.2, 0.25) is 0 Å². The SMILES string of the molecule is CC(=O)N(CCC(=O)NCc1ccccc1)Cc1cccc(C)c1. The van der Waals surface area contributed by atoms with E-state index in [1.165, 1.54) is 6.92 Å². The molecule has 0 fully saturated rings. The standard InChI is InChI=1S/C20H24N2O2/c1-16-7-6-10-19(13-16)15-22(17(2)23)12-11-20(24)21-14-18-8-4-3-5-9-18/h3-10,13H,11-12,14-15H2,1-2H3,(H,21,24). The molecular weight excluding hydrogens is 300 g/mol. The van der Waals surface area contributed by atoms with E-state index in [0.29, 0.717) is 26.1 Å². The summed E-state index contributed by atoms with van der Waals surface area (Å²) in [4.78, 5) is 25.5. The predicted octanol–water partition coefficient (Wildman–Crippen LogP) is 3.05. The van der Waals surface area contributed by atoms with Crippen LogP contribution in [0.3, 0.4) is 0 Å². The molecule has 0 aliphatic rings. The minimum absolute atomic E-state index is 0.0210. The van der Waals surface area contributed by atoms with Crippen LogP contribution in [0, 0.1) is 6.92 Å². The Hall–Kier alpha value is -2.62. The van der Waals surface area contributed by atoms with Gasteiger partial charge >= 0.3 is 0 Å². The van der Waals surface area contributed by atoms with Crippen LogP contribution < -0.4 is 5.32 Å². The Balaban J connectivity index is 1.82. The smallest absolute Gasteiger partial charge is 0.222 e. The molecule has 0 spiro atoms. The Bertz CT molecular complexity index is 683. The maximum Gasteiger partial charge on any atom is 0.222 e. The molecule has 2 aromatic rings. The van der Waals surface area contributed by atoms with E-state index < -0.39 is 0 Å². The first kappa shape index (κ1) is 17.7. The van der Waals surface area contributed by atoms with E-state index in [4.69, 9.17) is 0 Å². The van der Waals surface area contributed by atoms with Crippen LogP contribution in [-0.2, 0) is 22.7 Å². The van der Waals surface area contributed by atoms with Crippen molar-refractivity contribution in [2.45, 2.75) is 33.4 Å². The zero-order valence-corrected chi connectivity index (χ0v) is 14.3. The summed E-state index contributed by atoms with van der Waals surface area (Å²) in [5, 5.41) is 2.89. The number of hydrogen-bond donors (Lipinski definition) is 1. The minimum atomic E-state index is -0.0469. The second-order valence-corrected chi connectivity index (χ2v) is 5.94. The fourth-order valence-corrected chi connectivity index (χ4v) is 2.50. The molecule has 4 nitrogen and oxygen atoms in total. The molecular formula is C20H24N2O2. The average Bonchev–Trinajstić information content (AvgIpc) is 2.57. The third-order valence-electron chi connectivity index (χ3n) is 3.84. The molecule has 0 radical (unpaired) electrons. The Morgan fingerprint density at radius 2 is 1.71 bits per heavy atom. The number of nitrogens with one attached hydrogen (secondary N) is 1. The quantitative estimate of drug-likeness (QED) is 0.851. The summed E-state index contributed by atoms with van der Waals surface area (Å²) in [5.74, 6) is -0.0679. The van der Waals surface area contributed by atoms with E-state index in [1.54, 1.807) is 4.90 Å². The van der Waals surface area contributed by atoms with E-state index in [2.05, 4.69) is 11.4 Å². The van der Waals surface area contributed by atoms with Crippen molar-refractivity contribution in [1.82, 2.24) is 10.2 Å². The van der Waals surface area contributed by atoms with Gasteiger partial charge in [0.25, 0.3) is 0 Å². The van der Waals surface area contributed by atoms with Gasteiger partial charge in [-0.1, -0.05) is 60.2 Å². The third kappa shape index (κ3) is 5.88. The van der Waals surface area contributed by atoms with Gasteiger partial charge in [0.05, 0.1) is 0 Å². The molecule has 0 saturated carbocycles. The summed E-state index contributed by atoms with van der Waals surface area (Å²) < 4.78 is 0. The lowest BCUT2D eigenvalue weighted by atomic mass is 10.1. The predicted molar refractivity (Wildman–Crippen MR) is 95.2 cm³/mol. The first-order valence-electron chi connectivity index (χ1n) is 8.16. The molecule has 0 heterocycles. The van der Waals surface area contributed by atoms with Crippen molar-refractivity contribution in [3.8, 4) is 0 Å². The van der Waals surface area contributed by atoms with Crippen molar-refractivity contribution >= 4 is 11.8 Å². The Labute approximate surface area is 143 Å². The largest absolute Gasteiger partial charge is 0.352 e. The molecule has 126 valence electrons. The van der Waals surface area contributed by atoms with E-state index in [0.717, 1.165) is 16.7 Å². The molecule has 0 aliphatic carbocycles. The van der Waals surface area contributed by atoms with Crippen molar-refractivity contribution in [3.63, 3.8) is 0 Å². The molecule has 0 aliphatic heterocycles. The highest BCUT2D eigenvalue weighted by Gasteiger charge is 2.12. The first-order valence-corrected chi connectivity index (χ1v) is 8.16. The highest BCUT2D eigenvalue weighted by atomic mass is 16.2. The molecule has 2 aromatic carbocycles. The number of carbonyl (C=O) groups is 2. The van der Waals surface area contributed by atoms with Crippen LogP contribution in [0.5, 0.6) is 0 Å². The molecule has 0 saturated heterocycles. The van der Waals surface area contributed by atoms with Gasteiger partial charge in [0.1, 0.15) is 0 Å². The van der Waals surface area contributed by atoms with Gasteiger partial charge in [0, 0.05) is 33.0 Å². The second-order valence-electron chi connectivity index (χ2n) is 5.94. The lowest BCUT2D eigenvalue weighted by Gasteiger charge is -2.21. The number of aryl methyl sites for hydroxylation is 1. The van der Waals surface area contributed by atoms with Crippen molar-refractivity contribution in [3.05, 3.63) is 71.3 Å². The van der Waals surface area contributed by atoms with Crippen LogP contribution in [0.1, 0.15) is 30.0 Å². The highest BCUT2D eigenvalue weighted by Crippen LogP contribution is 2.08. The third-order valence-corrected chi connectivity index (χ3v) is 3.84. The number of carbonyl (C=O) groups excluding carboxylic acids is 2. The normalized spacial score (nSPS) is 10.2. The first-order chi connectivity index (χ1) is 11.5. The molecule has 2 rings (SSSR count). The monoisotopic (exact) mass is 324 g/mol. The van der Waals surface area contributed by atoms with Gasteiger partial charge in [-0.2, -0.15) is 0 Å². The van der Waals surface area contributed by atoms with Crippen molar-refractivity contribution < 1.29 is 9.59 Å². The van der Waals surface area contributed by atoms with Crippen LogP contribution in [0.15, 0.2) is 54.6 Å². The summed E-state index contributed by atoms with van der Waals surface area (Å²) in [7, 11) is 0. The van der Waals surface area contributed by atoms with Crippen molar-refractivity contribution in [2.24, 2.45) is 0 Å². The fraction of sp³-hybridized carbons (Fsp3) is 0.300. The molecule has 0 atom stereocenters. The van der Waals surface area contributed by atoms with Crippen LogP contribution >= 0.6 is 0 Å². The summed E-state index contributed by atoms with van der Waals surface area (Å²) in [6.07, 6.45) is 0.304. The number of amides is 2. The van der Waals surface area contributed by atoms with Crippen molar-refractivity contribution in [1.29, 1.82) is 0 Å². The van der Waals surface area contributed by atoms with Gasteiger partial charge in [0.2, 0.25) is 11.8 Å². The summed E-state index contributed by atoms with van der Waals surface area (Å²) in [6, 6.07) is 17.8. The Kier molecular flexibility index (Phi) is 6.55. The van der Waals surface area contributed by atoms with Gasteiger partial charge < -0.3 is 10.2 Å². The van der Waals surface area contributed by atoms with E-state index >= 15 is 0 Å². The Morgan fingerprint density at radius 3 is 2.38 bits per heavy atom. The van der Waals surface area contributed by atoms with Crippen molar-refractivity contribution in [2.75, 3.05) is 6.54 Å². The van der Waals surface area contributed by atoms with Gasteiger partial charge in [0.15, 0.2) is 0 Å². The van der Waals surface area contributed by atoms with Crippen LogP contribution in [-0.4, -0.2) is 23.3 Å². The summed E-state index contributed by atoms with van der Waals surface area (Å²) in [6.45, 7) is 5.03. The minimum Gasteiger partial charge on any atom is -0.352 e. The zero-order chi connectivity index (χ0) is 17.4. The number of nitrogens with zero attached hydrogens (tertiary/aromatic N) is 1. The molecule has 0 aromatic heterocycles. The molecule has 0 unspecified atom stereocenters. The zero-order valence-electron chi connectivity index (χ0n) is 14.3. The van der Waals surface area contributed by atoms with E-state index in [9.17, 15) is 9.59 Å². The highest BCUT2D eigenvalue weighted by molar-refractivity contribution is 5.78. The fourth-order valence-electron chi connectivity index (χ4n) is 2.50. The molecule has 2 amide bonds. The van der Waals surface area contributed by atoms with Gasteiger partial charge in [-0.15, -0.1) is 0 Å². The molecule has 24 heavy (non-hydrogen) atoms. The maximum atomic E-state index is 12.0. The molecule has 0 bridgehead atoms. The van der Waals surface area contributed by atoms with Gasteiger partial charge in [-0.05, 0) is 18.1 Å². The average molecular weight is 324 g/mol. The number of benzene rings is 2. The van der Waals surface area contributed by atoms with E-state index in [1.807, 2.05) is 55.5 Å². The van der Waals surface area contributed by atoms with Crippen LogP contribution in [0.4, 0.5) is 0 Å².